The first-order valence-corrected chi connectivity index (χ1v) is 7.68. The normalized spacial score (nSPS) is 18.5. The molecule has 0 radical (unpaired) electrons. The molecule has 126 valence electrons. The number of hydrogen-bond donors (Lipinski definition) is 0. The molecular formula is C19H20O5. The second-order valence-corrected chi connectivity index (χ2v) is 5.70. The van der Waals surface area contributed by atoms with Crippen molar-refractivity contribution in [3.05, 3.63) is 47.0 Å². The van der Waals surface area contributed by atoms with Gasteiger partial charge in [-0.1, -0.05) is 13.0 Å². The standard InChI is InChI=1S/C19H20O5/c1-11-14-7-12(10-20)8-17(23-4)19(14)24-18(11)13-5-6-15(21-2)16(9-13)22-3/h5-11,18H,1-4H3/t11-,18-/m1/s1. The van der Waals surface area contributed by atoms with Crippen LogP contribution in [0, 0.1) is 0 Å². The van der Waals surface area contributed by atoms with Gasteiger partial charge in [-0.15, -0.1) is 0 Å². The van der Waals surface area contributed by atoms with Crippen molar-refractivity contribution in [2.24, 2.45) is 0 Å². The maximum atomic E-state index is 11.2. The summed E-state index contributed by atoms with van der Waals surface area (Å²) in [5.74, 6) is 2.67. The Morgan fingerprint density at radius 2 is 1.67 bits per heavy atom. The summed E-state index contributed by atoms with van der Waals surface area (Å²) in [6.45, 7) is 2.07. The fourth-order valence-corrected chi connectivity index (χ4v) is 3.11. The number of hydrogen-bond acceptors (Lipinski definition) is 5. The third kappa shape index (κ3) is 2.56. The SMILES string of the molecule is COc1ccc([C@@H]2Oc3c(OC)cc(C=O)cc3[C@H]2C)cc1OC. The summed E-state index contributed by atoms with van der Waals surface area (Å²) in [6.07, 6.45) is 0.634. The highest BCUT2D eigenvalue weighted by molar-refractivity contribution is 5.78. The summed E-state index contributed by atoms with van der Waals surface area (Å²) in [5, 5.41) is 0. The second kappa shape index (κ2) is 6.43. The van der Waals surface area contributed by atoms with E-state index >= 15 is 0 Å². The molecule has 5 heteroatoms. The summed E-state index contributed by atoms with van der Waals surface area (Å²) in [7, 11) is 4.78. The Bertz CT molecular complexity index is 769. The lowest BCUT2D eigenvalue weighted by Crippen LogP contribution is -2.07. The van der Waals surface area contributed by atoms with Crippen LogP contribution in [0.5, 0.6) is 23.0 Å². The zero-order chi connectivity index (χ0) is 17.3. The number of fused-ring (bicyclic) bond motifs is 1. The van der Waals surface area contributed by atoms with Crippen LogP contribution in [0.4, 0.5) is 0 Å². The molecule has 24 heavy (non-hydrogen) atoms. The van der Waals surface area contributed by atoms with Crippen LogP contribution in [0.3, 0.4) is 0 Å². The van der Waals surface area contributed by atoms with Gasteiger partial charge in [-0.25, -0.2) is 0 Å². The lowest BCUT2D eigenvalue weighted by atomic mass is 9.91. The van der Waals surface area contributed by atoms with Crippen molar-refractivity contribution < 1.29 is 23.7 Å². The summed E-state index contributed by atoms with van der Waals surface area (Å²) in [4.78, 5) is 11.2. The molecule has 1 heterocycles. The maximum Gasteiger partial charge on any atom is 0.165 e. The Hall–Kier alpha value is -2.69. The number of ether oxygens (including phenoxy) is 4. The monoisotopic (exact) mass is 328 g/mol. The Morgan fingerprint density at radius 3 is 2.29 bits per heavy atom. The van der Waals surface area contributed by atoms with Gasteiger partial charge in [0.1, 0.15) is 12.4 Å². The molecule has 1 aliphatic heterocycles. The van der Waals surface area contributed by atoms with Gasteiger partial charge in [0.25, 0.3) is 0 Å². The van der Waals surface area contributed by atoms with E-state index < -0.39 is 0 Å². The largest absolute Gasteiger partial charge is 0.493 e. The fraction of sp³-hybridized carbons (Fsp3) is 0.316. The smallest absolute Gasteiger partial charge is 0.165 e. The Morgan fingerprint density at radius 1 is 0.958 bits per heavy atom. The van der Waals surface area contributed by atoms with Crippen LogP contribution >= 0.6 is 0 Å². The van der Waals surface area contributed by atoms with Crippen LogP contribution < -0.4 is 18.9 Å². The van der Waals surface area contributed by atoms with E-state index in [1.807, 2.05) is 24.3 Å². The predicted molar refractivity (Wildman–Crippen MR) is 89.7 cm³/mol. The van der Waals surface area contributed by atoms with Crippen molar-refractivity contribution in [3.63, 3.8) is 0 Å². The van der Waals surface area contributed by atoms with Crippen molar-refractivity contribution >= 4 is 6.29 Å². The molecule has 0 bridgehead atoms. The van der Waals surface area contributed by atoms with Crippen molar-refractivity contribution in [2.75, 3.05) is 21.3 Å². The van der Waals surface area contributed by atoms with E-state index in [-0.39, 0.29) is 12.0 Å². The van der Waals surface area contributed by atoms with Gasteiger partial charge in [-0.05, 0) is 29.8 Å². The predicted octanol–water partition coefficient (Wildman–Crippen LogP) is 3.76. The van der Waals surface area contributed by atoms with Crippen LogP contribution in [0.15, 0.2) is 30.3 Å². The first kappa shape index (κ1) is 16.2. The van der Waals surface area contributed by atoms with Crippen LogP contribution in [0.2, 0.25) is 0 Å². The number of carbonyl (C=O) groups excluding carboxylic acids is 1. The molecule has 0 N–H and O–H groups in total. The minimum absolute atomic E-state index is 0.0758. The van der Waals surface area contributed by atoms with Gasteiger partial charge >= 0.3 is 0 Å². The van der Waals surface area contributed by atoms with Crippen molar-refractivity contribution in [1.82, 2.24) is 0 Å². The van der Waals surface area contributed by atoms with E-state index in [1.165, 1.54) is 0 Å². The number of carbonyl (C=O) groups is 1. The van der Waals surface area contributed by atoms with E-state index in [9.17, 15) is 4.79 Å². The molecule has 2 aromatic carbocycles. The zero-order valence-corrected chi connectivity index (χ0v) is 14.2. The number of benzene rings is 2. The van der Waals surface area contributed by atoms with Crippen molar-refractivity contribution in [2.45, 2.75) is 18.9 Å². The van der Waals surface area contributed by atoms with Crippen LogP contribution in [-0.4, -0.2) is 27.6 Å². The average molecular weight is 328 g/mol. The van der Waals surface area contributed by atoms with E-state index in [0.717, 1.165) is 17.4 Å². The number of rotatable bonds is 5. The van der Waals surface area contributed by atoms with Crippen LogP contribution in [0.25, 0.3) is 0 Å². The number of aldehydes is 1. The summed E-state index contributed by atoms with van der Waals surface area (Å²) in [6, 6.07) is 9.29. The molecule has 0 saturated heterocycles. The summed E-state index contributed by atoms with van der Waals surface area (Å²) < 4.78 is 22.2. The molecule has 1 aliphatic rings. The summed E-state index contributed by atoms with van der Waals surface area (Å²) in [5.41, 5.74) is 2.52. The fourth-order valence-electron chi connectivity index (χ4n) is 3.11. The van der Waals surface area contributed by atoms with Gasteiger partial charge in [-0.2, -0.15) is 0 Å². The quantitative estimate of drug-likeness (QED) is 0.782. The lowest BCUT2D eigenvalue weighted by molar-refractivity contribution is 0.112. The first-order chi connectivity index (χ1) is 11.6. The van der Waals surface area contributed by atoms with Crippen molar-refractivity contribution in [3.8, 4) is 23.0 Å². The molecule has 2 atom stereocenters. The molecule has 0 saturated carbocycles. The van der Waals surface area contributed by atoms with Gasteiger partial charge in [0.05, 0.1) is 21.3 Å². The third-order valence-electron chi connectivity index (χ3n) is 4.39. The van der Waals surface area contributed by atoms with Gasteiger partial charge < -0.3 is 18.9 Å². The molecule has 0 aromatic heterocycles. The minimum atomic E-state index is -0.185. The maximum absolute atomic E-state index is 11.2. The van der Waals surface area contributed by atoms with Crippen LogP contribution in [0.1, 0.15) is 40.4 Å². The molecule has 0 fully saturated rings. The summed E-state index contributed by atoms with van der Waals surface area (Å²) >= 11 is 0. The molecule has 5 nitrogen and oxygen atoms in total. The Balaban J connectivity index is 2.02. The molecule has 0 spiro atoms. The minimum Gasteiger partial charge on any atom is -0.493 e. The van der Waals surface area contributed by atoms with Gasteiger partial charge in [-0.3, -0.25) is 4.79 Å². The molecule has 0 unspecified atom stereocenters. The van der Waals surface area contributed by atoms with E-state index in [1.54, 1.807) is 27.4 Å². The molecular weight excluding hydrogens is 308 g/mol. The third-order valence-corrected chi connectivity index (χ3v) is 4.39. The highest BCUT2D eigenvalue weighted by atomic mass is 16.5. The first-order valence-electron chi connectivity index (χ1n) is 7.68. The van der Waals surface area contributed by atoms with Gasteiger partial charge in [0.2, 0.25) is 0 Å². The lowest BCUT2D eigenvalue weighted by Gasteiger charge is -2.18. The van der Waals surface area contributed by atoms with Crippen LogP contribution in [-0.2, 0) is 0 Å². The van der Waals surface area contributed by atoms with Gasteiger partial charge in [0.15, 0.2) is 23.0 Å². The highest BCUT2D eigenvalue weighted by Gasteiger charge is 2.35. The zero-order valence-electron chi connectivity index (χ0n) is 14.2. The van der Waals surface area contributed by atoms with E-state index in [4.69, 9.17) is 18.9 Å². The second-order valence-electron chi connectivity index (χ2n) is 5.70. The average Bonchev–Trinajstić information content (AvgIpc) is 2.97. The molecule has 2 aromatic rings. The topological polar surface area (TPSA) is 54.0 Å². The van der Waals surface area contributed by atoms with E-state index in [2.05, 4.69) is 6.92 Å². The number of methoxy groups -OCH3 is 3. The molecule has 3 rings (SSSR count). The van der Waals surface area contributed by atoms with Gasteiger partial charge in [0, 0.05) is 17.0 Å². The Kier molecular flexibility index (Phi) is 4.34. The highest BCUT2D eigenvalue weighted by Crippen LogP contribution is 2.51. The molecule has 0 aliphatic carbocycles. The van der Waals surface area contributed by atoms with Crippen molar-refractivity contribution in [1.29, 1.82) is 0 Å². The Labute approximate surface area is 141 Å². The molecule has 0 amide bonds. The van der Waals surface area contributed by atoms with E-state index in [0.29, 0.717) is 28.6 Å².